The van der Waals surface area contributed by atoms with Gasteiger partial charge < -0.3 is 9.64 Å². The predicted octanol–water partition coefficient (Wildman–Crippen LogP) is 5.56. The van der Waals surface area contributed by atoms with Gasteiger partial charge in [-0.05, 0) is 50.7 Å². The summed E-state index contributed by atoms with van der Waals surface area (Å²) in [5, 5.41) is 0. The van der Waals surface area contributed by atoms with Crippen LogP contribution in [0.25, 0.3) is 0 Å². The molecule has 0 N–H and O–H groups in total. The Bertz CT molecular complexity index is 638. The highest BCUT2D eigenvalue weighted by atomic mass is 19.4. The van der Waals surface area contributed by atoms with Crippen LogP contribution in [-0.2, 0) is 6.18 Å². The lowest BCUT2D eigenvalue weighted by Crippen LogP contribution is -2.29. The maximum absolute atomic E-state index is 12.7. The molecular formula is C20H24F3NO. The second-order valence-electron chi connectivity index (χ2n) is 6.40. The fourth-order valence-corrected chi connectivity index (χ4v) is 2.43. The quantitative estimate of drug-likeness (QED) is 0.648. The molecule has 1 atom stereocenters. The van der Waals surface area contributed by atoms with Gasteiger partial charge in [0.1, 0.15) is 11.9 Å². The second kappa shape index (κ2) is 8.39. The van der Waals surface area contributed by atoms with E-state index >= 15 is 0 Å². The van der Waals surface area contributed by atoms with Crippen LogP contribution in [0.5, 0.6) is 5.75 Å². The smallest absolute Gasteiger partial charge is 0.416 e. The average Bonchev–Trinajstić information content (AvgIpc) is 2.58. The minimum atomic E-state index is -4.34. The van der Waals surface area contributed by atoms with E-state index in [0.717, 1.165) is 30.7 Å². The average molecular weight is 351 g/mol. The molecule has 1 unspecified atom stereocenters. The number of ether oxygens (including phenoxy) is 1. The lowest BCUT2D eigenvalue weighted by molar-refractivity contribution is -0.137. The van der Waals surface area contributed by atoms with Gasteiger partial charge in [-0.1, -0.05) is 30.3 Å². The van der Waals surface area contributed by atoms with E-state index in [1.165, 1.54) is 12.1 Å². The molecule has 0 saturated heterocycles. The Balaban J connectivity index is 2.13. The number of alkyl halides is 3. The van der Waals surface area contributed by atoms with E-state index in [9.17, 15) is 13.2 Å². The van der Waals surface area contributed by atoms with Gasteiger partial charge in [0.05, 0.1) is 5.56 Å². The van der Waals surface area contributed by atoms with Crippen molar-refractivity contribution in [3.05, 3.63) is 65.7 Å². The van der Waals surface area contributed by atoms with Gasteiger partial charge in [-0.2, -0.15) is 13.2 Å². The first-order chi connectivity index (χ1) is 11.8. The number of rotatable bonds is 7. The van der Waals surface area contributed by atoms with Crippen molar-refractivity contribution in [3.63, 3.8) is 0 Å². The third kappa shape index (κ3) is 5.78. The van der Waals surface area contributed by atoms with E-state index < -0.39 is 11.7 Å². The third-order valence-corrected chi connectivity index (χ3v) is 4.26. The molecular weight excluding hydrogens is 327 g/mol. The summed E-state index contributed by atoms with van der Waals surface area (Å²) >= 11 is 0. The van der Waals surface area contributed by atoms with Crippen LogP contribution >= 0.6 is 0 Å². The van der Waals surface area contributed by atoms with Crippen LogP contribution in [-0.4, -0.2) is 24.5 Å². The molecule has 0 heterocycles. The Morgan fingerprint density at radius 1 is 0.960 bits per heavy atom. The van der Waals surface area contributed by atoms with Crippen molar-refractivity contribution in [3.8, 4) is 5.75 Å². The van der Waals surface area contributed by atoms with Crippen LogP contribution in [0.3, 0.4) is 0 Å². The minimum absolute atomic E-state index is 0.209. The zero-order valence-electron chi connectivity index (χ0n) is 14.8. The normalized spacial score (nSPS) is 13.3. The molecule has 2 nitrogen and oxygen atoms in total. The lowest BCUT2D eigenvalue weighted by atomic mass is 10.1. The second-order valence-corrected chi connectivity index (χ2v) is 6.40. The fourth-order valence-electron chi connectivity index (χ4n) is 2.43. The van der Waals surface area contributed by atoms with E-state index in [1.54, 1.807) is 0 Å². The predicted molar refractivity (Wildman–Crippen MR) is 93.6 cm³/mol. The standard InChI is InChI=1S/C20H24F3NO/c1-15(2)24(3)14-13-19(16-7-5-4-6-8-16)25-18-11-9-17(10-12-18)20(21,22)23/h4-12,15,19H,13-14H2,1-3H3. The maximum Gasteiger partial charge on any atom is 0.416 e. The molecule has 0 bridgehead atoms. The number of halogens is 3. The maximum atomic E-state index is 12.7. The number of benzene rings is 2. The van der Waals surface area contributed by atoms with Crippen LogP contribution in [0.4, 0.5) is 13.2 Å². The molecule has 0 aliphatic rings. The first kappa shape index (κ1) is 19.3. The topological polar surface area (TPSA) is 12.5 Å². The minimum Gasteiger partial charge on any atom is -0.486 e. The van der Waals surface area contributed by atoms with Crippen molar-refractivity contribution in [1.82, 2.24) is 4.90 Å². The molecule has 0 aliphatic carbocycles. The summed E-state index contributed by atoms with van der Waals surface area (Å²) in [5.41, 5.74) is 0.343. The van der Waals surface area contributed by atoms with Crippen LogP contribution in [0.15, 0.2) is 54.6 Å². The SMILES string of the molecule is CC(C)N(C)CCC(Oc1ccc(C(F)(F)F)cc1)c1ccccc1. The van der Waals surface area contributed by atoms with Gasteiger partial charge in [0.25, 0.3) is 0 Å². The summed E-state index contributed by atoms with van der Waals surface area (Å²) in [6, 6.07) is 15.0. The molecule has 2 aromatic rings. The van der Waals surface area contributed by atoms with Gasteiger partial charge in [0.2, 0.25) is 0 Å². The summed E-state index contributed by atoms with van der Waals surface area (Å²) in [7, 11) is 2.05. The zero-order chi connectivity index (χ0) is 18.4. The Kier molecular flexibility index (Phi) is 6.48. The summed E-state index contributed by atoms with van der Waals surface area (Å²) in [5.74, 6) is 0.439. The van der Waals surface area contributed by atoms with E-state index in [2.05, 4.69) is 18.7 Å². The van der Waals surface area contributed by atoms with E-state index in [-0.39, 0.29) is 6.10 Å². The van der Waals surface area contributed by atoms with Crippen molar-refractivity contribution >= 4 is 0 Å². The molecule has 0 aliphatic heterocycles. The highest BCUT2D eigenvalue weighted by molar-refractivity contribution is 5.30. The van der Waals surface area contributed by atoms with Crippen LogP contribution in [0.2, 0.25) is 0 Å². The molecule has 136 valence electrons. The van der Waals surface area contributed by atoms with Gasteiger partial charge in [-0.3, -0.25) is 0 Å². The first-order valence-corrected chi connectivity index (χ1v) is 8.36. The monoisotopic (exact) mass is 351 g/mol. The Labute approximate surface area is 147 Å². The van der Waals surface area contributed by atoms with Gasteiger partial charge in [-0.15, -0.1) is 0 Å². The molecule has 5 heteroatoms. The summed E-state index contributed by atoms with van der Waals surface area (Å²) in [6.07, 6.45) is -3.80. The van der Waals surface area contributed by atoms with Crippen molar-refractivity contribution in [2.24, 2.45) is 0 Å². The molecule has 0 saturated carbocycles. The van der Waals surface area contributed by atoms with Crippen molar-refractivity contribution < 1.29 is 17.9 Å². The van der Waals surface area contributed by atoms with Crippen molar-refractivity contribution in [1.29, 1.82) is 0 Å². The van der Waals surface area contributed by atoms with Crippen molar-refractivity contribution in [2.45, 2.75) is 38.6 Å². The van der Waals surface area contributed by atoms with Crippen LogP contribution in [0, 0.1) is 0 Å². The highest BCUT2D eigenvalue weighted by Gasteiger charge is 2.30. The van der Waals surface area contributed by atoms with Crippen molar-refractivity contribution in [2.75, 3.05) is 13.6 Å². The molecule has 0 radical (unpaired) electrons. The van der Waals surface area contributed by atoms with E-state index in [1.807, 2.05) is 37.4 Å². The molecule has 0 aromatic heterocycles. The number of nitrogens with zero attached hydrogens (tertiary/aromatic N) is 1. The van der Waals surface area contributed by atoms with Crippen LogP contribution in [0.1, 0.15) is 37.5 Å². The van der Waals surface area contributed by atoms with Gasteiger partial charge in [0.15, 0.2) is 0 Å². The van der Waals surface area contributed by atoms with Crippen LogP contribution < -0.4 is 4.74 Å². The molecule has 25 heavy (non-hydrogen) atoms. The zero-order valence-corrected chi connectivity index (χ0v) is 14.8. The van der Waals surface area contributed by atoms with Gasteiger partial charge >= 0.3 is 6.18 Å². The Morgan fingerprint density at radius 2 is 1.56 bits per heavy atom. The Morgan fingerprint density at radius 3 is 2.08 bits per heavy atom. The molecule has 2 rings (SSSR count). The van der Waals surface area contributed by atoms with E-state index in [0.29, 0.717) is 11.8 Å². The molecule has 0 fully saturated rings. The summed E-state index contributed by atoms with van der Waals surface area (Å²) in [4.78, 5) is 2.21. The third-order valence-electron chi connectivity index (χ3n) is 4.26. The largest absolute Gasteiger partial charge is 0.486 e. The van der Waals surface area contributed by atoms with Gasteiger partial charge in [0, 0.05) is 19.0 Å². The Hall–Kier alpha value is -2.01. The molecule has 0 amide bonds. The summed E-state index contributed by atoms with van der Waals surface area (Å²) in [6.45, 7) is 5.07. The molecule has 0 spiro atoms. The fraction of sp³-hybridized carbons (Fsp3) is 0.400. The highest BCUT2D eigenvalue weighted by Crippen LogP contribution is 2.32. The van der Waals surface area contributed by atoms with Gasteiger partial charge in [-0.25, -0.2) is 0 Å². The first-order valence-electron chi connectivity index (χ1n) is 8.36. The van der Waals surface area contributed by atoms with E-state index in [4.69, 9.17) is 4.74 Å². The number of hydrogen-bond donors (Lipinski definition) is 0. The number of hydrogen-bond acceptors (Lipinski definition) is 2. The lowest BCUT2D eigenvalue weighted by Gasteiger charge is -2.25. The summed E-state index contributed by atoms with van der Waals surface area (Å²) < 4.78 is 44.1. The molecule has 2 aromatic carbocycles.